The Morgan fingerprint density at radius 3 is 2.92 bits per heavy atom. The molecule has 0 unspecified atom stereocenters. The van der Waals surface area contributed by atoms with Crippen molar-refractivity contribution in [2.75, 3.05) is 0 Å². The van der Waals surface area contributed by atoms with Gasteiger partial charge in [-0.05, 0) is 19.9 Å². The van der Waals surface area contributed by atoms with Crippen LogP contribution < -0.4 is 10.1 Å². The number of fused-ring (bicyclic) bond motifs is 1. The Morgan fingerprint density at radius 2 is 2.20 bits per heavy atom. The Labute approximate surface area is 142 Å². The highest BCUT2D eigenvalue weighted by Gasteiger charge is 2.16. The maximum absolute atomic E-state index is 12.2. The normalized spacial score (nSPS) is 10.8. The number of carbonyl (C=O) groups is 1. The molecule has 0 atom stereocenters. The smallest absolute Gasteiger partial charge is 0.273 e. The lowest BCUT2D eigenvalue weighted by Gasteiger charge is -2.07. The van der Waals surface area contributed by atoms with Gasteiger partial charge in [0.2, 0.25) is 5.88 Å². The van der Waals surface area contributed by atoms with Crippen LogP contribution in [0.1, 0.15) is 24.2 Å². The molecule has 0 aliphatic carbocycles. The maximum Gasteiger partial charge on any atom is 0.273 e. The van der Waals surface area contributed by atoms with Gasteiger partial charge < -0.3 is 15.0 Å². The molecule has 9 nitrogen and oxygen atoms in total. The number of nitrogens with zero attached hydrogens (tertiary/aromatic N) is 3. The highest BCUT2D eigenvalue weighted by molar-refractivity contribution is 6.04. The van der Waals surface area contributed by atoms with Gasteiger partial charge in [-0.3, -0.25) is 14.9 Å². The first-order valence-corrected chi connectivity index (χ1v) is 7.51. The van der Waals surface area contributed by atoms with Crippen LogP contribution in [0.15, 0.2) is 36.7 Å². The van der Waals surface area contributed by atoms with E-state index in [1.54, 1.807) is 6.07 Å². The van der Waals surface area contributed by atoms with E-state index in [4.69, 9.17) is 4.74 Å². The summed E-state index contributed by atoms with van der Waals surface area (Å²) < 4.78 is 5.54. The highest BCUT2D eigenvalue weighted by atomic mass is 16.6. The van der Waals surface area contributed by atoms with Gasteiger partial charge in [0.1, 0.15) is 11.3 Å². The van der Waals surface area contributed by atoms with Crippen LogP contribution in [-0.2, 0) is 0 Å². The fourth-order valence-corrected chi connectivity index (χ4v) is 2.22. The number of nitrogens with one attached hydrogen (secondary N) is 2. The van der Waals surface area contributed by atoms with Gasteiger partial charge in [-0.1, -0.05) is 6.07 Å². The van der Waals surface area contributed by atoms with E-state index in [0.717, 1.165) is 0 Å². The number of amides is 1. The Morgan fingerprint density at radius 1 is 1.40 bits per heavy atom. The average molecular weight is 341 g/mol. The molecule has 1 amide bonds. The number of nitro groups is 1. The van der Waals surface area contributed by atoms with Crippen molar-refractivity contribution in [3.8, 4) is 11.6 Å². The molecule has 128 valence electrons. The maximum atomic E-state index is 12.2. The van der Waals surface area contributed by atoms with Crippen molar-refractivity contribution in [3.05, 3.63) is 52.3 Å². The number of aromatic amines is 1. The Hall–Kier alpha value is -3.49. The number of hydrogen-bond acceptors (Lipinski definition) is 6. The number of carbonyl (C=O) groups excluding carboxylic acids is 1. The van der Waals surface area contributed by atoms with Crippen LogP contribution in [-0.4, -0.2) is 31.8 Å². The Bertz CT molecular complexity index is 951. The first kappa shape index (κ1) is 16.4. The van der Waals surface area contributed by atoms with Crippen molar-refractivity contribution < 1.29 is 14.5 Å². The van der Waals surface area contributed by atoms with Gasteiger partial charge in [0.05, 0.1) is 22.7 Å². The van der Waals surface area contributed by atoms with Crippen LogP contribution in [0.5, 0.6) is 11.6 Å². The number of H-pyrrole nitrogens is 1. The molecular weight excluding hydrogens is 326 g/mol. The summed E-state index contributed by atoms with van der Waals surface area (Å²) in [6.07, 6.45) is 2.90. The molecule has 2 N–H and O–H groups in total. The minimum absolute atomic E-state index is 0.0188. The fraction of sp³-hybridized carbons (Fsp3) is 0.188. The van der Waals surface area contributed by atoms with E-state index in [2.05, 4.69) is 20.3 Å². The van der Waals surface area contributed by atoms with E-state index in [0.29, 0.717) is 16.7 Å². The van der Waals surface area contributed by atoms with E-state index < -0.39 is 4.92 Å². The zero-order valence-electron chi connectivity index (χ0n) is 13.5. The van der Waals surface area contributed by atoms with Crippen molar-refractivity contribution in [2.45, 2.75) is 19.9 Å². The third kappa shape index (κ3) is 3.55. The first-order chi connectivity index (χ1) is 11.9. The lowest BCUT2D eigenvalue weighted by molar-refractivity contribution is -0.384. The summed E-state index contributed by atoms with van der Waals surface area (Å²) in [6, 6.07) is 5.71. The van der Waals surface area contributed by atoms with Gasteiger partial charge in [-0.25, -0.2) is 9.97 Å². The van der Waals surface area contributed by atoms with Gasteiger partial charge in [0.25, 0.3) is 11.6 Å². The van der Waals surface area contributed by atoms with E-state index in [9.17, 15) is 14.9 Å². The molecular formula is C16H15N5O4. The van der Waals surface area contributed by atoms with E-state index in [1.165, 1.54) is 30.6 Å². The zero-order valence-corrected chi connectivity index (χ0v) is 13.5. The fourth-order valence-electron chi connectivity index (χ4n) is 2.22. The third-order valence-corrected chi connectivity index (χ3v) is 3.27. The summed E-state index contributed by atoms with van der Waals surface area (Å²) >= 11 is 0. The van der Waals surface area contributed by atoms with Crippen LogP contribution in [0.3, 0.4) is 0 Å². The van der Waals surface area contributed by atoms with Crippen LogP contribution in [0, 0.1) is 10.1 Å². The summed E-state index contributed by atoms with van der Waals surface area (Å²) in [7, 11) is 0. The molecule has 0 fully saturated rings. The Balaban J connectivity index is 1.91. The SMILES string of the molecule is CC(C)NC(=O)c1c[nH]c2ncc(Oc3cccc([N+](=O)[O-])c3)nc12. The molecule has 25 heavy (non-hydrogen) atoms. The molecule has 3 aromatic rings. The summed E-state index contributed by atoms with van der Waals surface area (Å²) in [4.78, 5) is 33.8. The molecule has 0 aliphatic rings. The van der Waals surface area contributed by atoms with Gasteiger partial charge in [0.15, 0.2) is 5.65 Å². The highest BCUT2D eigenvalue weighted by Crippen LogP contribution is 2.25. The van der Waals surface area contributed by atoms with E-state index in [-0.39, 0.29) is 29.3 Å². The lowest BCUT2D eigenvalue weighted by Crippen LogP contribution is -2.29. The Kier molecular flexibility index (Phi) is 4.29. The van der Waals surface area contributed by atoms with Crippen LogP contribution in [0.4, 0.5) is 5.69 Å². The van der Waals surface area contributed by atoms with Crippen LogP contribution in [0.2, 0.25) is 0 Å². The summed E-state index contributed by atoms with van der Waals surface area (Å²) in [5, 5.41) is 13.6. The van der Waals surface area contributed by atoms with Gasteiger partial charge in [-0.2, -0.15) is 0 Å². The number of rotatable bonds is 5. The molecule has 2 aromatic heterocycles. The van der Waals surface area contributed by atoms with Crippen LogP contribution >= 0.6 is 0 Å². The largest absolute Gasteiger partial charge is 0.437 e. The van der Waals surface area contributed by atoms with Gasteiger partial charge >= 0.3 is 0 Å². The molecule has 1 aromatic carbocycles. The lowest BCUT2D eigenvalue weighted by atomic mass is 10.2. The van der Waals surface area contributed by atoms with E-state index in [1.807, 2.05) is 13.8 Å². The number of nitro benzene ring substituents is 1. The molecule has 0 bridgehead atoms. The molecule has 0 radical (unpaired) electrons. The molecule has 2 heterocycles. The van der Waals surface area contributed by atoms with Crippen molar-refractivity contribution >= 4 is 22.8 Å². The van der Waals surface area contributed by atoms with Crippen molar-refractivity contribution in [1.29, 1.82) is 0 Å². The number of aromatic nitrogens is 3. The number of benzene rings is 1. The second-order valence-electron chi connectivity index (χ2n) is 5.59. The molecule has 0 saturated heterocycles. The quantitative estimate of drug-likeness (QED) is 0.543. The molecule has 3 rings (SSSR count). The zero-order chi connectivity index (χ0) is 18.0. The predicted molar refractivity (Wildman–Crippen MR) is 89.7 cm³/mol. The number of non-ortho nitro benzene ring substituents is 1. The summed E-state index contributed by atoms with van der Waals surface area (Å²) in [5.41, 5.74) is 1.06. The minimum Gasteiger partial charge on any atom is -0.437 e. The molecule has 0 saturated carbocycles. The average Bonchev–Trinajstić information content (AvgIpc) is 2.97. The molecule has 0 aliphatic heterocycles. The molecule has 0 spiro atoms. The summed E-state index contributed by atoms with van der Waals surface area (Å²) in [5.74, 6) is 0.112. The van der Waals surface area contributed by atoms with Gasteiger partial charge in [0, 0.05) is 18.3 Å². The van der Waals surface area contributed by atoms with Crippen LogP contribution in [0.25, 0.3) is 11.2 Å². The monoisotopic (exact) mass is 341 g/mol. The molecule has 9 heteroatoms. The topological polar surface area (TPSA) is 123 Å². The standard InChI is InChI=1S/C16H15N5O4/c1-9(2)19-16(22)12-7-17-15-14(12)20-13(8-18-15)25-11-5-3-4-10(6-11)21(23)24/h3-9H,1-2H3,(H,17,18)(H,19,22). The second-order valence-corrected chi connectivity index (χ2v) is 5.59. The van der Waals surface area contributed by atoms with Crippen molar-refractivity contribution in [2.24, 2.45) is 0 Å². The minimum atomic E-state index is -0.512. The first-order valence-electron chi connectivity index (χ1n) is 7.51. The van der Waals surface area contributed by atoms with Gasteiger partial charge in [-0.15, -0.1) is 0 Å². The second kappa shape index (κ2) is 6.56. The van der Waals surface area contributed by atoms with E-state index >= 15 is 0 Å². The number of ether oxygens (including phenoxy) is 1. The number of hydrogen-bond donors (Lipinski definition) is 2. The third-order valence-electron chi connectivity index (χ3n) is 3.27. The van der Waals surface area contributed by atoms with Crippen molar-refractivity contribution in [1.82, 2.24) is 20.3 Å². The van der Waals surface area contributed by atoms with Crippen molar-refractivity contribution in [3.63, 3.8) is 0 Å². The predicted octanol–water partition coefficient (Wildman–Crippen LogP) is 2.80. The summed E-state index contributed by atoms with van der Waals surface area (Å²) in [6.45, 7) is 3.71.